The lowest BCUT2D eigenvalue weighted by atomic mass is 10.5. The van der Waals surface area contributed by atoms with Crippen LogP contribution in [0, 0.1) is 0 Å². The Kier molecular flexibility index (Phi) is 4.66. The summed E-state index contributed by atoms with van der Waals surface area (Å²) in [5, 5.41) is 3.47. The van der Waals surface area contributed by atoms with E-state index >= 15 is 0 Å². The minimum atomic E-state index is 0.821. The Hall–Kier alpha value is -0.0500. The van der Waals surface area contributed by atoms with Gasteiger partial charge >= 0.3 is 0 Å². The van der Waals surface area contributed by atoms with E-state index in [4.69, 9.17) is 11.6 Å². The Balaban J connectivity index is 1.89. The molecule has 0 aliphatic heterocycles. The maximum Gasteiger partial charge on any atom is 0.0172 e. The molecule has 0 bridgehead atoms. The molecule has 1 saturated carbocycles. The second kappa shape index (κ2) is 5.57. The summed E-state index contributed by atoms with van der Waals surface area (Å²) < 4.78 is 0. The molecule has 0 unspecified atom stereocenters. The normalized spacial score (nSPS) is 17.9. The molecule has 0 aromatic rings. The van der Waals surface area contributed by atoms with Gasteiger partial charge in [-0.25, -0.2) is 0 Å². The third-order valence-corrected chi connectivity index (χ3v) is 2.19. The highest BCUT2D eigenvalue weighted by molar-refractivity contribution is 6.25. The summed E-state index contributed by atoms with van der Waals surface area (Å²) in [6.07, 6.45) is 4.69. The molecule has 1 N–H and O–H groups in total. The van der Waals surface area contributed by atoms with E-state index < -0.39 is 0 Å². The first-order valence-corrected chi connectivity index (χ1v) is 4.93. The number of hydrogen-bond donors (Lipinski definition) is 1. The maximum atomic E-state index is 5.42. The summed E-state index contributed by atoms with van der Waals surface area (Å²) >= 11 is 5.42. The summed E-state index contributed by atoms with van der Waals surface area (Å²) in [5.41, 5.74) is 1.57. The number of rotatable bonds is 6. The van der Waals surface area contributed by atoms with Crippen molar-refractivity contribution in [1.82, 2.24) is 10.2 Å². The van der Waals surface area contributed by atoms with Crippen LogP contribution < -0.4 is 5.32 Å². The van der Waals surface area contributed by atoms with Gasteiger partial charge in [-0.05, 0) is 19.9 Å². The molecule has 12 heavy (non-hydrogen) atoms. The lowest BCUT2D eigenvalue weighted by Gasteiger charge is -2.13. The van der Waals surface area contributed by atoms with Gasteiger partial charge < -0.3 is 10.2 Å². The van der Waals surface area contributed by atoms with Crippen LogP contribution in [0.1, 0.15) is 12.8 Å². The van der Waals surface area contributed by atoms with Gasteiger partial charge in [0.25, 0.3) is 0 Å². The first-order chi connectivity index (χ1) is 5.83. The molecule has 0 saturated heterocycles. The second-order valence-corrected chi connectivity index (χ2v) is 3.60. The fourth-order valence-corrected chi connectivity index (χ4v) is 1.14. The molecular formula is C9H17ClN2. The summed E-state index contributed by atoms with van der Waals surface area (Å²) in [6, 6.07) is 0.821. The molecule has 3 heteroatoms. The third kappa shape index (κ3) is 4.75. The highest BCUT2D eigenvalue weighted by Gasteiger charge is 2.19. The zero-order valence-electron chi connectivity index (χ0n) is 7.59. The highest BCUT2D eigenvalue weighted by atomic mass is 35.5. The van der Waals surface area contributed by atoms with E-state index in [1.54, 1.807) is 5.54 Å². The lowest BCUT2D eigenvalue weighted by molar-refractivity contribution is 0.365. The fraction of sp³-hybridized carbons (Fsp3) is 0.778. The Bertz CT molecular complexity index is 143. The van der Waals surface area contributed by atoms with Crippen LogP contribution in [0.15, 0.2) is 11.6 Å². The van der Waals surface area contributed by atoms with Crippen LogP contribution in [-0.4, -0.2) is 37.6 Å². The second-order valence-electron chi connectivity index (χ2n) is 3.35. The molecule has 0 spiro atoms. The van der Waals surface area contributed by atoms with E-state index in [0.717, 1.165) is 25.7 Å². The van der Waals surface area contributed by atoms with Gasteiger partial charge in [0.1, 0.15) is 0 Å². The smallest absolute Gasteiger partial charge is 0.0172 e. The Labute approximate surface area is 79.6 Å². The van der Waals surface area contributed by atoms with Gasteiger partial charge in [0.2, 0.25) is 0 Å². The largest absolute Gasteiger partial charge is 0.313 e. The maximum absolute atomic E-state index is 5.42. The summed E-state index contributed by atoms with van der Waals surface area (Å²) in [5.74, 6) is 0. The quantitative estimate of drug-likeness (QED) is 0.679. The van der Waals surface area contributed by atoms with E-state index in [1.165, 1.54) is 12.8 Å². The van der Waals surface area contributed by atoms with Crippen molar-refractivity contribution in [3.05, 3.63) is 11.6 Å². The SMILES string of the molecule is CN(C/C=C/Cl)CCNC1CC1. The van der Waals surface area contributed by atoms with E-state index in [2.05, 4.69) is 17.3 Å². The molecule has 0 amide bonds. The first-order valence-electron chi connectivity index (χ1n) is 4.50. The van der Waals surface area contributed by atoms with Crippen molar-refractivity contribution >= 4 is 11.6 Å². The molecule has 2 nitrogen and oxygen atoms in total. The Morgan fingerprint density at radius 1 is 1.58 bits per heavy atom. The van der Waals surface area contributed by atoms with Gasteiger partial charge in [-0.3, -0.25) is 0 Å². The van der Waals surface area contributed by atoms with E-state index in [9.17, 15) is 0 Å². The van der Waals surface area contributed by atoms with E-state index in [-0.39, 0.29) is 0 Å². The van der Waals surface area contributed by atoms with Gasteiger partial charge in [-0.1, -0.05) is 17.7 Å². The number of halogens is 1. The van der Waals surface area contributed by atoms with Crippen LogP contribution in [0.25, 0.3) is 0 Å². The van der Waals surface area contributed by atoms with Crippen molar-refractivity contribution in [2.24, 2.45) is 0 Å². The number of likely N-dealkylation sites (N-methyl/N-ethyl adjacent to an activating group) is 1. The summed E-state index contributed by atoms with van der Waals surface area (Å²) in [7, 11) is 2.10. The van der Waals surface area contributed by atoms with Crippen molar-refractivity contribution in [1.29, 1.82) is 0 Å². The third-order valence-electron chi connectivity index (χ3n) is 2.01. The molecule has 1 aliphatic carbocycles. The van der Waals surface area contributed by atoms with Crippen LogP contribution in [-0.2, 0) is 0 Å². The van der Waals surface area contributed by atoms with Crippen molar-refractivity contribution in [3.8, 4) is 0 Å². The number of nitrogens with zero attached hydrogens (tertiary/aromatic N) is 1. The van der Waals surface area contributed by atoms with Crippen molar-refractivity contribution in [3.63, 3.8) is 0 Å². The van der Waals surface area contributed by atoms with Gasteiger partial charge in [0, 0.05) is 31.2 Å². The zero-order chi connectivity index (χ0) is 8.81. The van der Waals surface area contributed by atoms with Crippen molar-refractivity contribution in [2.45, 2.75) is 18.9 Å². The highest BCUT2D eigenvalue weighted by Crippen LogP contribution is 2.17. The van der Waals surface area contributed by atoms with Gasteiger partial charge in [0.15, 0.2) is 0 Å². The molecule has 0 aromatic carbocycles. The minimum Gasteiger partial charge on any atom is -0.313 e. The van der Waals surface area contributed by atoms with Crippen LogP contribution in [0.5, 0.6) is 0 Å². The molecule has 0 aromatic heterocycles. The predicted molar refractivity (Wildman–Crippen MR) is 53.5 cm³/mol. The van der Waals surface area contributed by atoms with Crippen LogP contribution in [0.2, 0.25) is 0 Å². The van der Waals surface area contributed by atoms with Gasteiger partial charge in [-0.15, -0.1) is 0 Å². The Morgan fingerprint density at radius 3 is 2.92 bits per heavy atom. The fourth-order valence-electron chi connectivity index (χ4n) is 1.06. The monoisotopic (exact) mass is 188 g/mol. The minimum absolute atomic E-state index is 0.821. The summed E-state index contributed by atoms with van der Waals surface area (Å²) in [6.45, 7) is 3.13. The summed E-state index contributed by atoms with van der Waals surface area (Å²) in [4.78, 5) is 2.24. The molecule has 1 fully saturated rings. The number of hydrogen-bond acceptors (Lipinski definition) is 2. The molecule has 0 atom stereocenters. The van der Waals surface area contributed by atoms with Crippen LogP contribution >= 0.6 is 11.6 Å². The van der Waals surface area contributed by atoms with Crippen LogP contribution in [0.3, 0.4) is 0 Å². The van der Waals surface area contributed by atoms with Gasteiger partial charge in [0.05, 0.1) is 0 Å². The predicted octanol–water partition coefficient (Wildman–Crippen LogP) is 1.42. The van der Waals surface area contributed by atoms with Crippen LogP contribution in [0.4, 0.5) is 0 Å². The number of nitrogens with one attached hydrogen (secondary N) is 1. The standard InChI is InChI=1S/C9H17ClN2/c1-12(7-2-5-10)8-6-11-9-3-4-9/h2,5,9,11H,3-4,6-8H2,1H3/b5-2+. The van der Waals surface area contributed by atoms with Crippen molar-refractivity contribution < 1.29 is 0 Å². The zero-order valence-corrected chi connectivity index (χ0v) is 8.35. The topological polar surface area (TPSA) is 15.3 Å². The molecular weight excluding hydrogens is 172 g/mol. The Morgan fingerprint density at radius 2 is 2.33 bits per heavy atom. The average molecular weight is 189 g/mol. The average Bonchev–Trinajstić information content (AvgIpc) is 2.84. The van der Waals surface area contributed by atoms with Gasteiger partial charge in [-0.2, -0.15) is 0 Å². The molecule has 0 heterocycles. The van der Waals surface area contributed by atoms with E-state index in [1.807, 2.05) is 6.08 Å². The molecule has 1 aliphatic rings. The lowest BCUT2D eigenvalue weighted by Crippen LogP contribution is -2.30. The molecule has 1 rings (SSSR count). The van der Waals surface area contributed by atoms with Crippen molar-refractivity contribution in [2.75, 3.05) is 26.7 Å². The molecule has 0 radical (unpaired) electrons. The first kappa shape index (κ1) is 10.0. The van der Waals surface area contributed by atoms with E-state index in [0.29, 0.717) is 0 Å². The molecule has 70 valence electrons.